The topological polar surface area (TPSA) is 64.2 Å². The summed E-state index contributed by atoms with van der Waals surface area (Å²) in [6.07, 6.45) is 3.74. The molecule has 0 aliphatic carbocycles. The summed E-state index contributed by atoms with van der Waals surface area (Å²) >= 11 is 0. The van der Waals surface area contributed by atoms with Crippen molar-refractivity contribution in [1.29, 1.82) is 0 Å². The molecule has 30 heavy (non-hydrogen) atoms. The quantitative estimate of drug-likeness (QED) is 0.729. The van der Waals surface area contributed by atoms with Gasteiger partial charge in [0.15, 0.2) is 0 Å². The van der Waals surface area contributed by atoms with Crippen LogP contribution >= 0.6 is 0 Å². The molecule has 7 nitrogen and oxygen atoms in total. The van der Waals surface area contributed by atoms with Crippen molar-refractivity contribution in [3.63, 3.8) is 0 Å². The maximum Gasteiger partial charge on any atom is 0.236 e. The molecule has 1 aromatic rings. The van der Waals surface area contributed by atoms with Crippen LogP contribution in [-0.4, -0.2) is 89.7 Å². The zero-order valence-corrected chi connectivity index (χ0v) is 17.7. The van der Waals surface area contributed by atoms with Gasteiger partial charge in [-0.25, -0.2) is 0 Å². The van der Waals surface area contributed by atoms with Crippen molar-refractivity contribution in [2.45, 2.75) is 32.2 Å². The number of rotatable bonds is 5. The second-order valence-corrected chi connectivity index (χ2v) is 8.70. The lowest BCUT2D eigenvalue weighted by atomic mass is 10.1. The highest BCUT2D eigenvalue weighted by molar-refractivity contribution is 5.89. The number of carbonyl (C=O) groups is 3. The first-order chi connectivity index (χ1) is 14.6. The molecule has 0 spiro atoms. The summed E-state index contributed by atoms with van der Waals surface area (Å²) in [6.45, 7) is 5.99. The van der Waals surface area contributed by atoms with Crippen molar-refractivity contribution < 1.29 is 14.4 Å². The Bertz CT molecular complexity index is 755. The van der Waals surface area contributed by atoms with E-state index in [1.165, 1.54) is 6.42 Å². The number of piperidine rings is 1. The fourth-order valence-corrected chi connectivity index (χ4v) is 4.71. The number of amides is 3. The van der Waals surface area contributed by atoms with Crippen LogP contribution in [0.25, 0.3) is 0 Å². The lowest BCUT2D eigenvalue weighted by Gasteiger charge is -2.37. The maximum absolute atomic E-state index is 13.0. The van der Waals surface area contributed by atoms with E-state index in [1.54, 1.807) is 4.90 Å². The molecule has 0 saturated carbocycles. The van der Waals surface area contributed by atoms with Crippen molar-refractivity contribution in [1.82, 2.24) is 19.6 Å². The molecule has 4 rings (SSSR count). The molecule has 7 heteroatoms. The minimum atomic E-state index is -0.247. The van der Waals surface area contributed by atoms with Gasteiger partial charge >= 0.3 is 0 Å². The van der Waals surface area contributed by atoms with Crippen LogP contribution in [0, 0.1) is 5.92 Å². The Hall–Kier alpha value is -2.41. The maximum atomic E-state index is 13.0. The summed E-state index contributed by atoms with van der Waals surface area (Å²) in [5.41, 5.74) is 1.09. The molecule has 1 atom stereocenters. The number of carbonyl (C=O) groups excluding carboxylic acids is 3. The SMILES string of the molecule is O=C(CN1CCN(C(=O)C2CC(=O)N(Cc3ccccc3)C2)CC1)N1CCCCC1. The van der Waals surface area contributed by atoms with Crippen molar-refractivity contribution in [3.8, 4) is 0 Å². The molecule has 3 aliphatic heterocycles. The molecular formula is C23H32N4O3. The first-order valence-corrected chi connectivity index (χ1v) is 11.2. The van der Waals surface area contributed by atoms with Crippen LogP contribution in [0.2, 0.25) is 0 Å². The van der Waals surface area contributed by atoms with Gasteiger partial charge in [-0.15, -0.1) is 0 Å². The van der Waals surface area contributed by atoms with Gasteiger partial charge in [-0.3, -0.25) is 19.3 Å². The van der Waals surface area contributed by atoms with Gasteiger partial charge < -0.3 is 14.7 Å². The van der Waals surface area contributed by atoms with E-state index in [0.717, 1.165) is 44.6 Å². The van der Waals surface area contributed by atoms with Crippen LogP contribution in [-0.2, 0) is 20.9 Å². The molecule has 3 heterocycles. The second-order valence-electron chi connectivity index (χ2n) is 8.70. The Morgan fingerprint density at radius 3 is 2.27 bits per heavy atom. The third-order valence-corrected chi connectivity index (χ3v) is 6.53. The van der Waals surface area contributed by atoms with Gasteiger partial charge in [0.05, 0.1) is 12.5 Å². The summed E-state index contributed by atoms with van der Waals surface area (Å²) < 4.78 is 0. The molecule has 1 unspecified atom stereocenters. The van der Waals surface area contributed by atoms with E-state index in [9.17, 15) is 14.4 Å². The Labute approximate surface area is 178 Å². The van der Waals surface area contributed by atoms with Crippen molar-refractivity contribution >= 4 is 17.7 Å². The van der Waals surface area contributed by atoms with Gasteiger partial charge in [0, 0.05) is 58.8 Å². The average Bonchev–Trinajstić information content (AvgIpc) is 3.15. The van der Waals surface area contributed by atoms with E-state index in [4.69, 9.17) is 0 Å². The monoisotopic (exact) mass is 412 g/mol. The average molecular weight is 413 g/mol. The molecule has 0 bridgehead atoms. The fraction of sp³-hybridized carbons (Fsp3) is 0.609. The van der Waals surface area contributed by atoms with Crippen molar-refractivity contribution in [2.24, 2.45) is 5.92 Å². The van der Waals surface area contributed by atoms with Crippen molar-refractivity contribution in [3.05, 3.63) is 35.9 Å². The molecule has 3 saturated heterocycles. The summed E-state index contributed by atoms with van der Waals surface area (Å²) in [4.78, 5) is 45.7. The Kier molecular flexibility index (Phi) is 6.67. The molecule has 0 aromatic heterocycles. The molecule has 0 radical (unpaired) electrons. The molecule has 3 amide bonds. The molecule has 3 fully saturated rings. The van der Waals surface area contributed by atoms with E-state index in [-0.39, 0.29) is 23.6 Å². The van der Waals surface area contributed by atoms with Crippen LogP contribution in [0.3, 0.4) is 0 Å². The zero-order chi connectivity index (χ0) is 20.9. The van der Waals surface area contributed by atoms with Gasteiger partial charge in [-0.1, -0.05) is 30.3 Å². The zero-order valence-electron chi connectivity index (χ0n) is 17.7. The van der Waals surface area contributed by atoms with Crippen LogP contribution in [0.1, 0.15) is 31.2 Å². The number of piperazine rings is 1. The summed E-state index contributed by atoms with van der Waals surface area (Å²) in [6, 6.07) is 9.91. The van der Waals surface area contributed by atoms with E-state index in [0.29, 0.717) is 39.1 Å². The molecule has 1 aromatic carbocycles. The second kappa shape index (κ2) is 9.60. The predicted octanol–water partition coefficient (Wildman–Crippen LogP) is 1.19. The van der Waals surface area contributed by atoms with Crippen LogP contribution < -0.4 is 0 Å². The molecular weight excluding hydrogens is 380 g/mol. The smallest absolute Gasteiger partial charge is 0.236 e. The highest BCUT2D eigenvalue weighted by atomic mass is 16.2. The highest BCUT2D eigenvalue weighted by Crippen LogP contribution is 2.23. The lowest BCUT2D eigenvalue weighted by Crippen LogP contribution is -2.53. The van der Waals surface area contributed by atoms with Crippen LogP contribution in [0.15, 0.2) is 30.3 Å². The number of likely N-dealkylation sites (tertiary alicyclic amines) is 2. The largest absolute Gasteiger partial charge is 0.342 e. The number of nitrogens with zero attached hydrogens (tertiary/aromatic N) is 4. The summed E-state index contributed by atoms with van der Waals surface area (Å²) in [7, 11) is 0. The minimum absolute atomic E-state index is 0.0583. The third kappa shape index (κ3) is 5.01. The van der Waals surface area contributed by atoms with Gasteiger partial charge in [0.25, 0.3) is 0 Å². The van der Waals surface area contributed by atoms with Crippen LogP contribution in [0.5, 0.6) is 0 Å². The normalized spacial score (nSPS) is 23.1. The molecule has 3 aliphatic rings. The van der Waals surface area contributed by atoms with Crippen molar-refractivity contribution in [2.75, 3.05) is 52.4 Å². The number of hydrogen-bond acceptors (Lipinski definition) is 4. The fourth-order valence-electron chi connectivity index (χ4n) is 4.71. The van der Waals surface area contributed by atoms with Gasteiger partial charge in [-0.2, -0.15) is 0 Å². The summed E-state index contributed by atoms with van der Waals surface area (Å²) in [5.74, 6) is 0.110. The minimum Gasteiger partial charge on any atom is -0.342 e. The van der Waals surface area contributed by atoms with E-state index in [2.05, 4.69) is 4.90 Å². The third-order valence-electron chi connectivity index (χ3n) is 6.53. The van der Waals surface area contributed by atoms with E-state index < -0.39 is 0 Å². The summed E-state index contributed by atoms with van der Waals surface area (Å²) in [5, 5.41) is 0. The Morgan fingerprint density at radius 1 is 0.867 bits per heavy atom. The molecule has 162 valence electrons. The Morgan fingerprint density at radius 2 is 1.57 bits per heavy atom. The number of benzene rings is 1. The molecule has 0 N–H and O–H groups in total. The standard InChI is InChI=1S/C23H32N4O3/c28-21-15-20(17-27(21)16-19-7-3-1-4-8-19)23(30)26-13-11-24(12-14-26)18-22(29)25-9-5-2-6-10-25/h1,3-4,7-8,20H,2,5-6,9-18H2. The van der Waals surface area contributed by atoms with E-state index >= 15 is 0 Å². The predicted molar refractivity (Wildman–Crippen MR) is 113 cm³/mol. The van der Waals surface area contributed by atoms with Crippen LogP contribution in [0.4, 0.5) is 0 Å². The van der Waals surface area contributed by atoms with Gasteiger partial charge in [-0.05, 0) is 24.8 Å². The first kappa shape index (κ1) is 20.8. The van der Waals surface area contributed by atoms with E-state index in [1.807, 2.05) is 40.1 Å². The Balaban J connectivity index is 1.23. The first-order valence-electron chi connectivity index (χ1n) is 11.2. The van der Waals surface area contributed by atoms with Gasteiger partial charge in [0.1, 0.15) is 0 Å². The lowest BCUT2D eigenvalue weighted by molar-refractivity contribution is -0.138. The van der Waals surface area contributed by atoms with Gasteiger partial charge in [0.2, 0.25) is 17.7 Å². The number of hydrogen-bond donors (Lipinski definition) is 0. The highest BCUT2D eigenvalue weighted by Gasteiger charge is 2.37.